The van der Waals surface area contributed by atoms with E-state index < -0.39 is 11.7 Å². The van der Waals surface area contributed by atoms with Crippen LogP contribution in [-0.4, -0.2) is 19.2 Å². The number of aromatic nitrogens is 1. The first-order valence-electron chi connectivity index (χ1n) is 6.62. The molecular formula is C16H12F3NO2S. The smallest absolute Gasteiger partial charge is 0.416 e. The summed E-state index contributed by atoms with van der Waals surface area (Å²) in [6, 6.07) is 8.81. The number of ether oxygens (including phenoxy) is 2. The van der Waals surface area contributed by atoms with Crippen molar-refractivity contribution in [1.82, 2.24) is 4.98 Å². The van der Waals surface area contributed by atoms with Crippen molar-refractivity contribution in [3.8, 4) is 22.1 Å². The summed E-state index contributed by atoms with van der Waals surface area (Å²) in [5.41, 5.74) is 0.323. The molecule has 2 aromatic carbocycles. The van der Waals surface area contributed by atoms with E-state index in [1.807, 2.05) is 0 Å². The molecule has 0 spiro atoms. The zero-order chi connectivity index (χ0) is 16.6. The highest BCUT2D eigenvalue weighted by Gasteiger charge is 2.30. The molecule has 7 heteroatoms. The highest BCUT2D eigenvalue weighted by molar-refractivity contribution is 7.21. The summed E-state index contributed by atoms with van der Waals surface area (Å²) in [4.78, 5) is 4.32. The molecule has 0 fully saturated rings. The lowest BCUT2D eigenvalue weighted by molar-refractivity contribution is -0.137. The number of benzene rings is 2. The summed E-state index contributed by atoms with van der Waals surface area (Å²) >= 11 is 1.31. The van der Waals surface area contributed by atoms with Crippen LogP contribution in [0.5, 0.6) is 11.5 Å². The van der Waals surface area contributed by atoms with E-state index in [9.17, 15) is 13.2 Å². The van der Waals surface area contributed by atoms with Gasteiger partial charge in [0.2, 0.25) is 0 Å². The molecule has 0 aliphatic heterocycles. The molecule has 3 rings (SSSR count). The van der Waals surface area contributed by atoms with Crippen LogP contribution in [0.15, 0.2) is 36.4 Å². The van der Waals surface area contributed by atoms with Crippen LogP contribution >= 0.6 is 11.3 Å². The zero-order valence-corrected chi connectivity index (χ0v) is 13.1. The number of hydrogen-bond donors (Lipinski definition) is 0. The Labute approximate surface area is 134 Å². The predicted octanol–water partition coefficient (Wildman–Crippen LogP) is 5.00. The maximum absolute atomic E-state index is 12.8. The average molecular weight is 339 g/mol. The third kappa shape index (κ3) is 2.96. The van der Waals surface area contributed by atoms with Crippen molar-refractivity contribution in [1.29, 1.82) is 0 Å². The number of thiazole rings is 1. The number of hydrogen-bond acceptors (Lipinski definition) is 4. The van der Waals surface area contributed by atoms with Crippen molar-refractivity contribution in [2.75, 3.05) is 14.2 Å². The van der Waals surface area contributed by atoms with Gasteiger partial charge in [0, 0.05) is 6.07 Å². The first-order valence-corrected chi connectivity index (χ1v) is 7.44. The van der Waals surface area contributed by atoms with Crippen molar-refractivity contribution in [3.63, 3.8) is 0 Å². The topological polar surface area (TPSA) is 31.4 Å². The van der Waals surface area contributed by atoms with Crippen molar-refractivity contribution in [2.24, 2.45) is 0 Å². The van der Waals surface area contributed by atoms with E-state index in [1.54, 1.807) is 25.3 Å². The van der Waals surface area contributed by atoms with Crippen LogP contribution in [0.25, 0.3) is 20.8 Å². The maximum atomic E-state index is 12.8. The van der Waals surface area contributed by atoms with Gasteiger partial charge in [0.05, 0.1) is 35.6 Å². The Morgan fingerprint density at radius 2 is 1.78 bits per heavy atom. The van der Waals surface area contributed by atoms with Crippen LogP contribution in [-0.2, 0) is 6.18 Å². The second kappa shape index (κ2) is 5.73. The Kier molecular flexibility index (Phi) is 3.89. The lowest BCUT2D eigenvalue weighted by Gasteiger charge is -2.07. The van der Waals surface area contributed by atoms with Crippen LogP contribution in [0, 0.1) is 0 Å². The van der Waals surface area contributed by atoms with Crippen LogP contribution in [0.1, 0.15) is 5.56 Å². The van der Waals surface area contributed by atoms with E-state index in [1.165, 1.54) is 24.5 Å². The minimum Gasteiger partial charge on any atom is -0.497 e. The van der Waals surface area contributed by atoms with Gasteiger partial charge in [-0.3, -0.25) is 0 Å². The van der Waals surface area contributed by atoms with Crippen LogP contribution in [0.2, 0.25) is 0 Å². The van der Waals surface area contributed by atoms with Gasteiger partial charge < -0.3 is 9.47 Å². The van der Waals surface area contributed by atoms with Gasteiger partial charge in [-0.1, -0.05) is 0 Å². The first-order chi connectivity index (χ1) is 10.9. The number of nitrogens with zero attached hydrogens (tertiary/aromatic N) is 1. The van der Waals surface area contributed by atoms with Crippen molar-refractivity contribution >= 4 is 21.6 Å². The average Bonchev–Trinajstić information content (AvgIpc) is 2.96. The summed E-state index contributed by atoms with van der Waals surface area (Å²) in [5.74, 6) is 1.19. The van der Waals surface area contributed by atoms with Crippen molar-refractivity contribution in [3.05, 3.63) is 42.0 Å². The Hall–Kier alpha value is -2.28. The molecule has 3 aromatic rings. The molecule has 23 heavy (non-hydrogen) atoms. The van der Waals surface area contributed by atoms with Gasteiger partial charge in [-0.25, -0.2) is 4.98 Å². The molecule has 0 unspecified atom stereocenters. The molecule has 1 heterocycles. The van der Waals surface area contributed by atoms with Gasteiger partial charge in [-0.15, -0.1) is 11.3 Å². The summed E-state index contributed by atoms with van der Waals surface area (Å²) in [5, 5.41) is 0.596. The molecule has 0 radical (unpaired) electrons. The van der Waals surface area contributed by atoms with Crippen molar-refractivity contribution in [2.45, 2.75) is 6.18 Å². The van der Waals surface area contributed by atoms with Gasteiger partial charge in [0.1, 0.15) is 16.5 Å². The summed E-state index contributed by atoms with van der Waals surface area (Å²) in [6.07, 6.45) is -4.38. The van der Waals surface area contributed by atoms with Gasteiger partial charge >= 0.3 is 6.18 Å². The summed E-state index contributed by atoms with van der Waals surface area (Å²) < 4.78 is 49.5. The SMILES string of the molecule is COc1ccc(-c2nc3cc(C(F)(F)F)ccc3s2)c(OC)c1. The predicted molar refractivity (Wildman–Crippen MR) is 83.2 cm³/mol. The molecule has 0 bridgehead atoms. The van der Waals surface area contributed by atoms with E-state index in [2.05, 4.69) is 4.98 Å². The number of methoxy groups -OCH3 is 2. The fourth-order valence-electron chi connectivity index (χ4n) is 2.19. The summed E-state index contributed by atoms with van der Waals surface area (Å²) in [6.45, 7) is 0. The third-order valence-corrected chi connectivity index (χ3v) is 4.42. The molecule has 0 saturated carbocycles. The molecule has 0 amide bonds. The summed E-state index contributed by atoms with van der Waals surface area (Å²) in [7, 11) is 3.07. The minimum absolute atomic E-state index is 0.317. The number of halogens is 3. The molecule has 0 aliphatic rings. The van der Waals surface area contributed by atoms with Crippen LogP contribution < -0.4 is 9.47 Å². The van der Waals surface area contributed by atoms with E-state index in [0.29, 0.717) is 32.3 Å². The molecule has 0 atom stereocenters. The van der Waals surface area contributed by atoms with E-state index in [0.717, 1.165) is 12.1 Å². The van der Waals surface area contributed by atoms with Crippen molar-refractivity contribution < 1.29 is 22.6 Å². The molecule has 1 aromatic heterocycles. The second-order valence-electron chi connectivity index (χ2n) is 4.77. The van der Waals surface area contributed by atoms with Gasteiger partial charge in [-0.2, -0.15) is 13.2 Å². The minimum atomic E-state index is -4.38. The van der Waals surface area contributed by atoms with Crippen LogP contribution in [0.4, 0.5) is 13.2 Å². The molecule has 3 nitrogen and oxygen atoms in total. The van der Waals surface area contributed by atoms with Gasteiger partial charge in [0.25, 0.3) is 0 Å². The fraction of sp³-hybridized carbons (Fsp3) is 0.188. The Balaban J connectivity index is 2.10. The molecule has 0 aliphatic carbocycles. The van der Waals surface area contributed by atoms with E-state index >= 15 is 0 Å². The standard InChI is InChI=1S/C16H12F3NO2S/c1-21-10-4-5-11(13(8-10)22-2)15-20-12-7-9(16(17,18)19)3-6-14(12)23-15/h3-8H,1-2H3. The van der Waals surface area contributed by atoms with E-state index in [-0.39, 0.29) is 0 Å². The number of alkyl halides is 3. The zero-order valence-electron chi connectivity index (χ0n) is 12.3. The molecular weight excluding hydrogens is 327 g/mol. The normalized spacial score (nSPS) is 11.7. The van der Waals surface area contributed by atoms with Crippen LogP contribution in [0.3, 0.4) is 0 Å². The highest BCUT2D eigenvalue weighted by Crippen LogP contribution is 2.39. The lowest BCUT2D eigenvalue weighted by atomic mass is 10.2. The molecule has 0 saturated heterocycles. The first kappa shape index (κ1) is 15.6. The van der Waals surface area contributed by atoms with Gasteiger partial charge in [-0.05, 0) is 30.3 Å². The fourth-order valence-corrected chi connectivity index (χ4v) is 3.17. The Morgan fingerprint density at radius 3 is 2.43 bits per heavy atom. The molecule has 0 N–H and O–H groups in total. The number of rotatable bonds is 3. The Morgan fingerprint density at radius 1 is 1.00 bits per heavy atom. The quantitative estimate of drug-likeness (QED) is 0.673. The second-order valence-corrected chi connectivity index (χ2v) is 5.80. The van der Waals surface area contributed by atoms with Gasteiger partial charge in [0.15, 0.2) is 0 Å². The van der Waals surface area contributed by atoms with E-state index in [4.69, 9.17) is 9.47 Å². The Bertz CT molecular complexity index is 858. The molecule has 120 valence electrons. The lowest BCUT2D eigenvalue weighted by Crippen LogP contribution is -2.03. The number of fused-ring (bicyclic) bond motifs is 1. The maximum Gasteiger partial charge on any atom is 0.416 e. The monoisotopic (exact) mass is 339 g/mol. The largest absolute Gasteiger partial charge is 0.497 e. The highest BCUT2D eigenvalue weighted by atomic mass is 32.1. The third-order valence-electron chi connectivity index (χ3n) is 3.35.